The maximum Gasteiger partial charge on any atom is 0.407 e. The molecule has 0 bridgehead atoms. The number of aryl methyl sites for hydroxylation is 1. The number of carbonyl (C=O) groups is 3. The number of alkyl carbamates (subject to hydrolysis) is 1. The molecule has 2 saturated heterocycles. The van der Waals surface area contributed by atoms with Crippen LogP contribution < -0.4 is 10.6 Å². The van der Waals surface area contributed by atoms with Crippen LogP contribution >= 0.6 is 0 Å². The molecule has 0 unspecified atom stereocenters. The molecule has 1 aromatic rings. The number of urea groups is 1. The third-order valence-corrected chi connectivity index (χ3v) is 4.89. The number of fused-ring (bicyclic) bond motifs is 1. The van der Waals surface area contributed by atoms with Crippen LogP contribution in [-0.4, -0.2) is 67.7 Å². The van der Waals surface area contributed by atoms with Gasteiger partial charge in [0, 0.05) is 44.4 Å². The second kappa shape index (κ2) is 7.23. The highest BCUT2D eigenvalue weighted by molar-refractivity contribution is 5.96. The second-order valence-corrected chi connectivity index (χ2v) is 7.00. The Balaban J connectivity index is 1.64. The van der Waals surface area contributed by atoms with Gasteiger partial charge in [-0.2, -0.15) is 0 Å². The number of anilines is 1. The molecule has 1 aromatic carbocycles. The maximum absolute atomic E-state index is 12.6. The van der Waals surface area contributed by atoms with Crippen molar-refractivity contribution in [1.29, 1.82) is 0 Å². The van der Waals surface area contributed by atoms with Crippen molar-refractivity contribution in [3.8, 4) is 0 Å². The Labute approximate surface area is 152 Å². The SMILES string of the molecule is Cc1cc(NC(=O)N2CC[C@@H]3COC(=O)N[C@H]3C2)ccc1C(=O)N(C)C. The number of cyclic esters (lactones) is 1. The zero-order valence-electron chi connectivity index (χ0n) is 15.2. The van der Waals surface area contributed by atoms with Gasteiger partial charge in [-0.15, -0.1) is 0 Å². The lowest BCUT2D eigenvalue weighted by Crippen LogP contribution is -2.58. The minimum absolute atomic E-state index is 0.0716. The van der Waals surface area contributed by atoms with E-state index in [-0.39, 0.29) is 23.9 Å². The normalized spacial score (nSPS) is 22.0. The van der Waals surface area contributed by atoms with E-state index in [0.717, 1.165) is 12.0 Å². The van der Waals surface area contributed by atoms with Crippen LogP contribution in [0.15, 0.2) is 18.2 Å². The van der Waals surface area contributed by atoms with Crippen molar-refractivity contribution in [3.63, 3.8) is 0 Å². The van der Waals surface area contributed by atoms with Crippen molar-refractivity contribution in [1.82, 2.24) is 15.1 Å². The van der Waals surface area contributed by atoms with Crippen LogP contribution in [0.2, 0.25) is 0 Å². The monoisotopic (exact) mass is 360 g/mol. The molecule has 2 heterocycles. The Hall–Kier alpha value is -2.77. The molecule has 0 saturated carbocycles. The molecule has 140 valence electrons. The molecule has 8 heteroatoms. The topological polar surface area (TPSA) is 91.0 Å². The van der Waals surface area contributed by atoms with Gasteiger partial charge in [0.15, 0.2) is 0 Å². The highest BCUT2D eigenvalue weighted by Gasteiger charge is 2.36. The summed E-state index contributed by atoms with van der Waals surface area (Å²) in [4.78, 5) is 39.2. The number of ether oxygens (including phenoxy) is 1. The molecule has 2 aliphatic rings. The lowest BCUT2D eigenvalue weighted by atomic mass is 9.92. The molecule has 2 atom stereocenters. The first-order valence-corrected chi connectivity index (χ1v) is 8.66. The van der Waals surface area contributed by atoms with Crippen LogP contribution in [0, 0.1) is 12.8 Å². The quantitative estimate of drug-likeness (QED) is 0.839. The van der Waals surface area contributed by atoms with Crippen molar-refractivity contribution in [3.05, 3.63) is 29.3 Å². The van der Waals surface area contributed by atoms with Gasteiger partial charge in [0.2, 0.25) is 0 Å². The summed E-state index contributed by atoms with van der Waals surface area (Å²) in [7, 11) is 3.41. The van der Waals surface area contributed by atoms with Gasteiger partial charge in [0.25, 0.3) is 5.91 Å². The van der Waals surface area contributed by atoms with E-state index in [2.05, 4.69) is 10.6 Å². The zero-order chi connectivity index (χ0) is 18.8. The third-order valence-electron chi connectivity index (χ3n) is 4.89. The van der Waals surface area contributed by atoms with Crippen LogP contribution in [-0.2, 0) is 4.74 Å². The van der Waals surface area contributed by atoms with Gasteiger partial charge in [-0.3, -0.25) is 4.79 Å². The molecule has 0 aromatic heterocycles. The second-order valence-electron chi connectivity index (χ2n) is 7.00. The van der Waals surface area contributed by atoms with Crippen molar-refractivity contribution < 1.29 is 19.1 Å². The molecular formula is C18H24N4O4. The number of nitrogens with one attached hydrogen (secondary N) is 2. The number of benzene rings is 1. The first-order chi connectivity index (χ1) is 12.3. The fraction of sp³-hybridized carbons (Fsp3) is 0.500. The standard InChI is InChI=1S/C18H24N4O4/c1-11-8-13(4-5-14(11)16(23)21(2)3)19-17(24)22-7-6-12-10-26-18(25)20-15(12)9-22/h4-5,8,12,15H,6-7,9-10H2,1-3H3,(H,19,24)(H,20,25)/t12-,15+/m1/s1. The fourth-order valence-electron chi connectivity index (χ4n) is 3.35. The van der Waals surface area contributed by atoms with Gasteiger partial charge in [-0.05, 0) is 37.1 Å². The van der Waals surface area contributed by atoms with Gasteiger partial charge >= 0.3 is 12.1 Å². The Morgan fingerprint density at radius 1 is 1.35 bits per heavy atom. The largest absolute Gasteiger partial charge is 0.449 e. The highest BCUT2D eigenvalue weighted by Crippen LogP contribution is 2.23. The smallest absolute Gasteiger partial charge is 0.407 e. The minimum Gasteiger partial charge on any atom is -0.449 e. The predicted octanol–water partition coefficient (Wildman–Crippen LogP) is 1.66. The number of carbonyl (C=O) groups excluding carboxylic acids is 3. The van der Waals surface area contributed by atoms with Crippen molar-refractivity contribution in [2.45, 2.75) is 19.4 Å². The number of hydrogen-bond donors (Lipinski definition) is 2. The lowest BCUT2D eigenvalue weighted by molar-refractivity contribution is 0.0493. The number of nitrogens with zero attached hydrogens (tertiary/aromatic N) is 2. The maximum atomic E-state index is 12.6. The molecular weight excluding hydrogens is 336 g/mol. The highest BCUT2D eigenvalue weighted by atomic mass is 16.6. The zero-order valence-corrected chi connectivity index (χ0v) is 15.2. The first-order valence-electron chi connectivity index (χ1n) is 8.66. The molecule has 2 aliphatic heterocycles. The summed E-state index contributed by atoms with van der Waals surface area (Å²) in [5, 5.41) is 5.65. The number of likely N-dealkylation sites (tertiary alicyclic amines) is 1. The van der Waals surface area contributed by atoms with Crippen molar-refractivity contribution in [2.24, 2.45) is 5.92 Å². The Morgan fingerprint density at radius 3 is 2.81 bits per heavy atom. The van der Waals surface area contributed by atoms with Gasteiger partial charge < -0.3 is 25.2 Å². The molecule has 3 rings (SSSR count). The van der Waals surface area contributed by atoms with Crippen LogP contribution in [0.25, 0.3) is 0 Å². The van der Waals surface area contributed by atoms with E-state index in [1.807, 2.05) is 6.92 Å². The predicted molar refractivity (Wildman–Crippen MR) is 96.2 cm³/mol. The summed E-state index contributed by atoms with van der Waals surface area (Å²) in [6.45, 7) is 3.33. The third kappa shape index (κ3) is 3.74. The Morgan fingerprint density at radius 2 is 2.12 bits per heavy atom. The summed E-state index contributed by atoms with van der Waals surface area (Å²) < 4.78 is 5.00. The molecule has 8 nitrogen and oxygen atoms in total. The van der Waals surface area contributed by atoms with Gasteiger partial charge in [0.05, 0.1) is 12.6 Å². The summed E-state index contributed by atoms with van der Waals surface area (Å²) in [5.41, 5.74) is 2.05. The van der Waals surface area contributed by atoms with Crippen molar-refractivity contribution >= 4 is 23.7 Å². The van der Waals surface area contributed by atoms with E-state index >= 15 is 0 Å². The Kier molecular flexibility index (Phi) is 5.01. The number of amides is 4. The van der Waals surface area contributed by atoms with Crippen LogP contribution in [0.4, 0.5) is 15.3 Å². The molecule has 2 fully saturated rings. The van der Waals surface area contributed by atoms with Gasteiger partial charge in [0.1, 0.15) is 0 Å². The van der Waals surface area contributed by atoms with Crippen LogP contribution in [0.3, 0.4) is 0 Å². The van der Waals surface area contributed by atoms with E-state index in [1.165, 1.54) is 4.90 Å². The summed E-state index contributed by atoms with van der Waals surface area (Å²) in [6.07, 6.45) is 0.360. The molecule has 0 spiro atoms. The number of piperidine rings is 1. The fourth-order valence-corrected chi connectivity index (χ4v) is 3.35. The van der Waals surface area contributed by atoms with Crippen LogP contribution in [0.5, 0.6) is 0 Å². The van der Waals surface area contributed by atoms with E-state index < -0.39 is 6.09 Å². The van der Waals surface area contributed by atoms with E-state index in [4.69, 9.17) is 4.74 Å². The van der Waals surface area contributed by atoms with E-state index in [9.17, 15) is 14.4 Å². The molecule has 0 radical (unpaired) electrons. The molecule has 26 heavy (non-hydrogen) atoms. The van der Waals surface area contributed by atoms with Crippen molar-refractivity contribution in [2.75, 3.05) is 39.1 Å². The summed E-state index contributed by atoms with van der Waals surface area (Å²) in [6, 6.07) is 4.95. The summed E-state index contributed by atoms with van der Waals surface area (Å²) in [5.74, 6) is 0.174. The van der Waals surface area contributed by atoms with Crippen LogP contribution in [0.1, 0.15) is 22.3 Å². The van der Waals surface area contributed by atoms with E-state index in [1.54, 1.807) is 37.2 Å². The number of rotatable bonds is 2. The Bertz CT molecular complexity index is 734. The lowest BCUT2D eigenvalue weighted by Gasteiger charge is -2.40. The minimum atomic E-state index is -0.426. The van der Waals surface area contributed by atoms with Gasteiger partial charge in [-0.25, -0.2) is 9.59 Å². The molecule has 2 N–H and O–H groups in total. The van der Waals surface area contributed by atoms with Gasteiger partial charge in [-0.1, -0.05) is 0 Å². The average molecular weight is 360 g/mol. The summed E-state index contributed by atoms with van der Waals surface area (Å²) >= 11 is 0. The number of hydrogen-bond acceptors (Lipinski definition) is 4. The molecule has 0 aliphatic carbocycles. The average Bonchev–Trinajstić information content (AvgIpc) is 2.60. The van der Waals surface area contributed by atoms with E-state index in [0.29, 0.717) is 30.9 Å². The molecule has 4 amide bonds. The first kappa shape index (κ1) is 18.0.